The van der Waals surface area contributed by atoms with Gasteiger partial charge in [-0.1, -0.05) is 41.1 Å². The monoisotopic (exact) mass is 305 g/mol. The zero-order chi connectivity index (χ0) is 13.1. The summed E-state index contributed by atoms with van der Waals surface area (Å²) in [6.07, 6.45) is 0.903. The van der Waals surface area contributed by atoms with Crippen LogP contribution in [0.15, 0.2) is 28.7 Å². The summed E-state index contributed by atoms with van der Waals surface area (Å²) in [5, 5.41) is 3.13. The second-order valence-electron chi connectivity index (χ2n) is 4.05. The number of aromatic nitrogens is 2. The molecule has 0 aliphatic carbocycles. The summed E-state index contributed by atoms with van der Waals surface area (Å²) >= 11 is 3.54. The molecule has 0 saturated heterocycles. The van der Waals surface area contributed by atoms with E-state index in [9.17, 15) is 0 Å². The topological polar surface area (TPSA) is 37.8 Å². The highest BCUT2D eigenvalue weighted by molar-refractivity contribution is 9.10. The van der Waals surface area contributed by atoms with Crippen molar-refractivity contribution in [2.75, 3.05) is 12.4 Å². The number of anilines is 1. The van der Waals surface area contributed by atoms with Gasteiger partial charge >= 0.3 is 0 Å². The molecule has 0 spiro atoms. The summed E-state index contributed by atoms with van der Waals surface area (Å²) < 4.78 is 1.01. The number of rotatable bonds is 3. The predicted molar refractivity (Wildman–Crippen MR) is 78.8 cm³/mol. The molecule has 2 rings (SSSR count). The molecule has 4 heteroatoms. The maximum atomic E-state index is 4.65. The van der Waals surface area contributed by atoms with Crippen LogP contribution in [-0.4, -0.2) is 17.0 Å². The van der Waals surface area contributed by atoms with E-state index in [0.29, 0.717) is 0 Å². The number of nitrogens with one attached hydrogen (secondary N) is 1. The summed E-state index contributed by atoms with van der Waals surface area (Å²) in [7, 11) is 1.89. The fraction of sp³-hybridized carbons (Fsp3) is 0.286. The number of benzene rings is 1. The predicted octanol–water partition coefficient (Wildman–Crippen LogP) is 3.82. The minimum atomic E-state index is 0.759. The lowest BCUT2D eigenvalue weighted by molar-refractivity contribution is 0.977. The Morgan fingerprint density at radius 1 is 1.22 bits per heavy atom. The molecule has 94 valence electrons. The van der Waals surface area contributed by atoms with E-state index < -0.39 is 0 Å². The van der Waals surface area contributed by atoms with Gasteiger partial charge in [-0.15, -0.1) is 0 Å². The van der Waals surface area contributed by atoms with Crippen molar-refractivity contribution in [3.05, 3.63) is 40.0 Å². The molecular formula is C14H16BrN3. The molecular weight excluding hydrogens is 290 g/mol. The van der Waals surface area contributed by atoms with Crippen molar-refractivity contribution in [2.24, 2.45) is 0 Å². The van der Waals surface area contributed by atoms with E-state index in [-0.39, 0.29) is 0 Å². The highest BCUT2D eigenvalue weighted by atomic mass is 79.9. The van der Waals surface area contributed by atoms with E-state index in [1.54, 1.807) is 0 Å². The SMILES string of the molecule is CCc1nc(-c2ccccc2Br)nc(NC)c1C. The summed E-state index contributed by atoms with van der Waals surface area (Å²) in [5.74, 6) is 1.65. The summed E-state index contributed by atoms with van der Waals surface area (Å²) in [5.41, 5.74) is 3.22. The van der Waals surface area contributed by atoms with Crippen LogP contribution in [0.4, 0.5) is 5.82 Å². The second-order valence-corrected chi connectivity index (χ2v) is 4.91. The Kier molecular flexibility index (Phi) is 3.97. The van der Waals surface area contributed by atoms with Gasteiger partial charge < -0.3 is 5.32 Å². The third kappa shape index (κ3) is 2.38. The smallest absolute Gasteiger partial charge is 0.162 e. The Hall–Kier alpha value is -1.42. The number of hydrogen-bond acceptors (Lipinski definition) is 3. The highest BCUT2D eigenvalue weighted by Crippen LogP contribution is 2.27. The van der Waals surface area contributed by atoms with E-state index >= 15 is 0 Å². The van der Waals surface area contributed by atoms with E-state index in [1.165, 1.54) is 0 Å². The van der Waals surface area contributed by atoms with Crippen LogP contribution in [0, 0.1) is 6.92 Å². The third-order valence-corrected chi connectivity index (χ3v) is 3.62. The van der Waals surface area contributed by atoms with E-state index in [2.05, 4.69) is 45.1 Å². The Bertz CT molecular complexity index is 542. The first-order chi connectivity index (χ1) is 8.67. The first-order valence-corrected chi connectivity index (χ1v) is 6.76. The molecule has 0 fully saturated rings. The number of halogens is 1. The molecule has 0 unspecified atom stereocenters. The molecule has 0 amide bonds. The van der Waals surface area contributed by atoms with E-state index in [1.807, 2.05) is 31.3 Å². The van der Waals surface area contributed by atoms with E-state index in [4.69, 9.17) is 0 Å². The maximum absolute atomic E-state index is 4.65. The minimum absolute atomic E-state index is 0.759. The number of nitrogens with zero attached hydrogens (tertiary/aromatic N) is 2. The summed E-state index contributed by atoms with van der Waals surface area (Å²) in [6, 6.07) is 8.01. The van der Waals surface area contributed by atoms with E-state index in [0.717, 1.165) is 39.4 Å². The molecule has 0 atom stereocenters. The Morgan fingerprint density at radius 3 is 2.56 bits per heavy atom. The van der Waals surface area contributed by atoms with Gasteiger partial charge in [0.25, 0.3) is 0 Å². The molecule has 0 aliphatic heterocycles. The summed E-state index contributed by atoms with van der Waals surface area (Å²) in [6.45, 7) is 4.16. The van der Waals surface area contributed by atoms with Crippen molar-refractivity contribution in [1.29, 1.82) is 0 Å². The molecule has 0 aliphatic rings. The molecule has 0 bridgehead atoms. The van der Waals surface area contributed by atoms with Gasteiger partial charge in [0.1, 0.15) is 5.82 Å². The molecule has 1 heterocycles. The fourth-order valence-corrected chi connectivity index (χ4v) is 2.38. The fourth-order valence-electron chi connectivity index (χ4n) is 1.91. The van der Waals surface area contributed by atoms with Gasteiger partial charge in [-0.2, -0.15) is 0 Å². The Morgan fingerprint density at radius 2 is 1.94 bits per heavy atom. The normalized spacial score (nSPS) is 10.4. The lowest BCUT2D eigenvalue weighted by Gasteiger charge is -2.11. The molecule has 0 radical (unpaired) electrons. The largest absolute Gasteiger partial charge is 0.373 e. The first-order valence-electron chi connectivity index (χ1n) is 5.97. The maximum Gasteiger partial charge on any atom is 0.162 e. The highest BCUT2D eigenvalue weighted by Gasteiger charge is 2.11. The quantitative estimate of drug-likeness (QED) is 0.937. The molecule has 2 aromatic rings. The number of aryl methyl sites for hydroxylation is 1. The van der Waals surface area contributed by atoms with Crippen molar-refractivity contribution in [2.45, 2.75) is 20.3 Å². The molecule has 3 nitrogen and oxygen atoms in total. The van der Waals surface area contributed by atoms with Crippen molar-refractivity contribution in [3.8, 4) is 11.4 Å². The standard InChI is InChI=1S/C14H16BrN3/c1-4-12-9(2)13(16-3)18-14(17-12)10-7-5-6-8-11(10)15/h5-8H,4H2,1-3H3,(H,16,17,18). The molecule has 1 N–H and O–H groups in total. The third-order valence-electron chi connectivity index (χ3n) is 2.93. The van der Waals surface area contributed by atoms with Crippen molar-refractivity contribution < 1.29 is 0 Å². The van der Waals surface area contributed by atoms with Gasteiger partial charge in [-0.25, -0.2) is 9.97 Å². The average molecular weight is 306 g/mol. The summed E-state index contributed by atoms with van der Waals surface area (Å²) in [4.78, 5) is 9.23. The van der Waals surface area contributed by atoms with Gasteiger partial charge in [-0.3, -0.25) is 0 Å². The van der Waals surface area contributed by atoms with Gasteiger partial charge in [-0.05, 0) is 19.4 Å². The molecule has 18 heavy (non-hydrogen) atoms. The van der Waals surface area contributed by atoms with Crippen molar-refractivity contribution >= 4 is 21.7 Å². The Balaban J connectivity index is 2.62. The second kappa shape index (κ2) is 5.48. The van der Waals surface area contributed by atoms with Crippen LogP contribution in [0.1, 0.15) is 18.2 Å². The van der Waals surface area contributed by atoms with Crippen LogP contribution >= 0.6 is 15.9 Å². The van der Waals surface area contributed by atoms with Gasteiger partial charge in [0.05, 0.1) is 0 Å². The lowest BCUT2D eigenvalue weighted by Crippen LogP contribution is -2.04. The molecule has 1 aromatic carbocycles. The van der Waals surface area contributed by atoms with Crippen LogP contribution in [0.25, 0.3) is 11.4 Å². The van der Waals surface area contributed by atoms with Gasteiger partial charge in [0.2, 0.25) is 0 Å². The van der Waals surface area contributed by atoms with Crippen LogP contribution in [0.2, 0.25) is 0 Å². The van der Waals surface area contributed by atoms with Crippen molar-refractivity contribution in [3.63, 3.8) is 0 Å². The van der Waals surface area contributed by atoms with Crippen LogP contribution < -0.4 is 5.32 Å². The number of hydrogen-bond donors (Lipinski definition) is 1. The average Bonchev–Trinajstić information content (AvgIpc) is 2.40. The van der Waals surface area contributed by atoms with Crippen molar-refractivity contribution in [1.82, 2.24) is 9.97 Å². The first kappa shape index (κ1) is 13.0. The van der Waals surface area contributed by atoms with Gasteiger partial charge in [0, 0.05) is 28.3 Å². The zero-order valence-corrected chi connectivity index (χ0v) is 12.4. The van der Waals surface area contributed by atoms with Crippen LogP contribution in [0.3, 0.4) is 0 Å². The lowest BCUT2D eigenvalue weighted by atomic mass is 10.1. The molecule has 0 saturated carbocycles. The molecule has 1 aromatic heterocycles. The van der Waals surface area contributed by atoms with Crippen LogP contribution in [-0.2, 0) is 6.42 Å². The van der Waals surface area contributed by atoms with Crippen LogP contribution in [0.5, 0.6) is 0 Å². The Labute approximate surface area is 116 Å². The van der Waals surface area contributed by atoms with Gasteiger partial charge in [0.15, 0.2) is 5.82 Å². The zero-order valence-electron chi connectivity index (χ0n) is 10.8. The minimum Gasteiger partial charge on any atom is -0.373 e.